The summed E-state index contributed by atoms with van der Waals surface area (Å²) < 4.78 is 0. The molecule has 3 heterocycles. The molecular formula is C20H19N5OS. The van der Waals surface area contributed by atoms with Crippen LogP contribution in [0, 0.1) is 0 Å². The van der Waals surface area contributed by atoms with Gasteiger partial charge in [-0.15, -0.1) is 11.3 Å². The van der Waals surface area contributed by atoms with Crippen LogP contribution in [0.1, 0.15) is 10.4 Å². The summed E-state index contributed by atoms with van der Waals surface area (Å²) >= 11 is 1.50. The average Bonchev–Trinajstić information content (AvgIpc) is 3.17. The van der Waals surface area contributed by atoms with Crippen molar-refractivity contribution in [3.05, 3.63) is 71.2 Å². The zero-order chi connectivity index (χ0) is 18.8. The molecule has 0 amide bonds. The predicted octanol–water partition coefficient (Wildman–Crippen LogP) is 3.31. The lowest BCUT2D eigenvalue weighted by molar-refractivity contribution is 0.285. The lowest BCUT2D eigenvalue weighted by atomic mass is 10.1. The molecule has 4 rings (SSSR count). The Hall–Kier alpha value is -3.00. The third-order valence-corrected chi connectivity index (χ3v) is 5.36. The Morgan fingerprint density at radius 2 is 1.96 bits per heavy atom. The van der Waals surface area contributed by atoms with Crippen molar-refractivity contribution >= 4 is 33.7 Å². The minimum absolute atomic E-state index is 0.0202. The number of aliphatic hydroxyl groups excluding tert-OH is 1. The fourth-order valence-electron chi connectivity index (χ4n) is 2.92. The molecule has 0 saturated heterocycles. The van der Waals surface area contributed by atoms with Crippen LogP contribution < -0.4 is 16.6 Å². The van der Waals surface area contributed by atoms with Gasteiger partial charge in [-0.3, -0.25) is 9.99 Å². The van der Waals surface area contributed by atoms with Crippen molar-refractivity contribution in [1.29, 1.82) is 0 Å². The first kappa shape index (κ1) is 17.4. The maximum absolute atomic E-state index is 9.26. The third-order valence-electron chi connectivity index (χ3n) is 4.27. The van der Waals surface area contributed by atoms with Crippen molar-refractivity contribution in [2.45, 2.75) is 13.2 Å². The molecule has 0 fully saturated rings. The van der Waals surface area contributed by atoms with Crippen molar-refractivity contribution < 1.29 is 5.11 Å². The number of aromatic nitrogens is 2. The van der Waals surface area contributed by atoms with Crippen molar-refractivity contribution in [3.8, 4) is 10.6 Å². The summed E-state index contributed by atoms with van der Waals surface area (Å²) in [5, 5.41) is 11.9. The van der Waals surface area contributed by atoms with Crippen LogP contribution in [0.3, 0.4) is 0 Å². The van der Waals surface area contributed by atoms with E-state index in [0.29, 0.717) is 18.1 Å². The Morgan fingerprint density at radius 1 is 1.07 bits per heavy atom. The predicted molar refractivity (Wildman–Crippen MR) is 110 cm³/mol. The van der Waals surface area contributed by atoms with Crippen molar-refractivity contribution in [2.24, 2.45) is 5.84 Å². The van der Waals surface area contributed by atoms with E-state index in [4.69, 9.17) is 11.6 Å². The van der Waals surface area contributed by atoms with Crippen molar-refractivity contribution in [1.82, 2.24) is 9.97 Å². The summed E-state index contributed by atoms with van der Waals surface area (Å²) in [4.78, 5) is 10.8. The van der Waals surface area contributed by atoms with Gasteiger partial charge in [0.05, 0.1) is 34.9 Å². The Bertz CT molecular complexity index is 1090. The van der Waals surface area contributed by atoms with Crippen LogP contribution in [0.4, 0.5) is 11.5 Å². The molecule has 3 aromatic heterocycles. The number of aliphatic hydroxyl groups is 1. The number of benzene rings is 1. The van der Waals surface area contributed by atoms with Crippen molar-refractivity contribution in [2.75, 3.05) is 10.7 Å². The Labute approximate surface area is 160 Å². The van der Waals surface area contributed by atoms with Crippen LogP contribution >= 0.6 is 11.3 Å². The maximum Gasteiger partial charge on any atom is 0.166 e. The van der Waals surface area contributed by atoms with Gasteiger partial charge in [0.2, 0.25) is 0 Å². The molecule has 0 atom stereocenters. The highest BCUT2D eigenvalue weighted by Gasteiger charge is 2.12. The molecule has 27 heavy (non-hydrogen) atoms. The molecule has 5 N–H and O–H groups in total. The lowest BCUT2D eigenvalue weighted by Gasteiger charge is -2.20. The fourth-order valence-corrected chi connectivity index (χ4v) is 3.76. The molecule has 0 unspecified atom stereocenters. The topological polar surface area (TPSA) is 101 Å². The van der Waals surface area contributed by atoms with Crippen LogP contribution in [0.25, 0.3) is 21.5 Å². The summed E-state index contributed by atoms with van der Waals surface area (Å²) in [5.41, 5.74) is 9.40. The Kier molecular flexibility index (Phi) is 4.72. The average molecular weight is 377 g/mol. The van der Waals surface area contributed by atoms with Crippen LogP contribution in [-0.4, -0.2) is 15.1 Å². The van der Waals surface area contributed by atoms with Crippen LogP contribution in [0.2, 0.25) is 0 Å². The van der Waals surface area contributed by atoms with Gasteiger partial charge in [-0.25, -0.2) is 10.8 Å². The minimum Gasteiger partial charge on any atom is -0.396 e. The summed E-state index contributed by atoms with van der Waals surface area (Å²) in [5.74, 6) is 6.81. The molecule has 0 aliphatic rings. The molecule has 4 aromatic rings. The highest BCUT2D eigenvalue weighted by molar-refractivity contribution is 7.15. The summed E-state index contributed by atoms with van der Waals surface area (Å²) in [6, 6.07) is 17.5. The monoisotopic (exact) mass is 377 g/mol. The van der Waals surface area contributed by atoms with E-state index in [0.717, 1.165) is 31.9 Å². The highest BCUT2D eigenvalue weighted by atomic mass is 32.1. The van der Waals surface area contributed by atoms with Gasteiger partial charge in [-0.1, -0.05) is 12.1 Å². The molecule has 0 aliphatic carbocycles. The van der Waals surface area contributed by atoms with E-state index in [1.165, 1.54) is 11.3 Å². The van der Waals surface area contributed by atoms with Crippen molar-refractivity contribution in [3.63, 3.8) is 0 Å². The molecule has 0 spiro atoms. The van der Waals surface area contributed by atoms with E-state index in [9.17, 15) is 5.11 Å². The first-order chi connectivity index (χ1) is 13.1. The molecule has 0 saturated carbocycles. The molecule has 1 aromatic carbocycles. The number of hydrogen-bond donors (Lipinski definition) is 3. The van der Waals surface area contributed by atoms with Gasteiger partial charge in [-0.05, 0) is 48.0 Å². The number of fused-ring (bicyclic) bond motifs is 1. The van der Waals surface area contributed by atoms with E-state index < -0.39 is 0 Å². The number of thiophene rings is 1. The Morgan fingerprint density at radius 3 is 2.78 bits per heavy atom. The molecule has 136 valence electrons. The van der Waals surface area contributed by atoms with Gasteiger partial charge in [0.25, 0.3) is 0 Å². The van der Waals surface area contributed by atoms with Gasteiger partial charge < -0.3 is 10.8 Å². The van der Waals surface area contributed by atoms with Gasteiger partial charge in [-0.2, -0.15) is 0 Å². The molecular weight excluding hydrogens is 358 g/mol. The summed E-state index contributed by atoms with van der Waals surface area (Å²) in [6.45, 7) is 0.490. The van der Waals surface area contributed by atoms with Crippen LogP contribution in [0.5, 0.6) is 0 Å². The fraction of sp³-hybridized carbons (Fsp3) is 0.100. The number of hydrazine groups is 1. The van der Waals surface area contributed by atoms with Crippen LogP contribution in [-0.2, 0) is 13.2 Å². The van der Waals surface area contributed by atoms with E-state index in [1.807, 2.05) is 42.5 Å². The maximum atomic E-state index is 9.26. The first-order valence-electron chi connectivity index (χ1n) is 8.46. The number of rotatable bonds is 5. The van der Waals surface area contributed by atoms with E-state index in [-0.39, 0.29) is 6.61 Å². The number of anilines is 2. The summed E-state index contributed by atoms with van der Waals surface area (Å²) in [7, 11) is 0. The number of nitrogens with zero attached hydrogens (tertiary/aromatic N) is 3. The van der Waals surface area contributed by atoms with Gasteiger partial charge in [0, 0.05) is 16.5 Å². The minimum atomic E-state index is 0.0202. The highest BCUT2D eigenvalue weighted by Crippen LogP contribution is 2.30. The number of hydrogen-bond acceptors (Lipinski definition) is 7. The number of nitrogens with two attached hydrogens (primary N) is 2. The first-order valence-corrected chi connectivity index (χ1v) is 9.28. The molecule has 0 aliphatic heterocycles. The van der Waals surface area contributed by atoms with E-state index in [2.05, 4.69) is 16.0 Å². The third kappa shape index (κ3) is 3.61. The molecule has 0 radical (unpaired) electrons. The zero-order valence-electron chi connectivity index (χ0n) is 14.5. The van der Waals surface area contributed by atoms with Gasteiger partial charge in [0.15, 0.2) is 5.82 Å². The second kappa shape index (κ2) is 7.32. The largest absolute Gasteiger partial charge is 0.396 e. The lowest BCUT2D eigenvalue weighted by Crippen LogP contribution is -2.31. The van der Waals surface area contributed by atoms with Crippen LogP contribution in [0.15, 0.2) is 60.8 Å². The van der Waals surface area contributed by atoms with Gasteiger partial charge >= 0.3 is 0 Å². The SMILES string of the molecule is Nc1ccc(-c2ccc(CO)s2)nc1N(N)Cc1ccc2ncccc2c1. The zero-order valence-corrected chi connectivity index (χ0v) is 15.4. The second-order valence-corrected chi connectivity index (χ2v) is 7.36. The second-order valence-electron chi connectivity index (χ2n) is 6.19. The van der Waals surface area contributed by atoms with Gasteiger partial charge in [0.1, 0.15) is 0 Å². The number of nitrogen functional groups attached to an aromatic ring is 1. The van der Waals surface area contributed by atoms with E-state index in [1.54, 1.807) is 17.3 Å². The standard InChI is InChI=1S/C20H19N5OS/c21-16-5-7-18(19-8-4-15(12-26)27-19)24-20(16)25(22)11-13-3-6-17-14(10-13)2-1-9-23-17/h1-10,26H,11-12,21-22H2. The molecule has 7 heteroatoms. The number of pyridine rings is 2. The summed E-state index contributed by atoms with van der Waals surface area (Å²) in [6.07, 6.45) is 1.78. The van der Waals surface area contributed by atoms with E-state index >= 15 is 0 Å². The smallest absolute Gasteiger partial charge is 0.166 e. The molecule has 0 bridgehead atoms. The molecule has 6 nitrogen and oxygen atoms in total. The normalized spacial score (nSPS) is 11.0. The Balaban J connectivity index is 1.62. The quantitative estimate of drug-likeness (QED) is 0.364.